The number of fused-ring (bicyclic) bond motifs is 3. The molecule has 0 spiro atoms. The standard InChI is InChI=1S/C28H33N3O3/c1-18(2)34-27(33)22-16-31(26(32)20-13-11-19(12-14-20)15-30(5)6)17-28(3,4)24-21-9-7-8-10-23(21)29-25(22)24/h7-14,16,18,29H,15,17H2,1-6H3. The molecular formula is C28H33N3O3. The second kappa shape index (κ2) is 9.11. The number of nitrogens with one attached hydrogen (secondary N) is 1. The second-order valence-electron chi connectivity index (χ2n) is 10.2. The Bertz CT molecular complexity index is 1250. The van der Waals surface area contributed by atoms with Crippen LogP contribution in [0.5, 0.6) is 0 Å². The first kappa shape index (κ1) is 23.8. The van der Waals surface area contributed by atoms with Crippen molar-refractivity contribution in [1.29, 1.82) is 0 Å². The number of rotatable bonds is 5. The number of para-hydroxylation sites is 1. The Hall–Kier alpha value is -3.38. The van der Waals surface area contributed by atoms with Gasteiger partial charge in [-0.3, -0.25) is 4.79 Å². The molecule has 6 heteroatoms. The normalized spacial score (nSPS) is 15.3. The number of carbonyl (C=O) groups is 2. The fourth-order valence-electron chi connectivity index (χ4n) is 4.66. The third-order valence-electron chi connectivity index (χ3n) is 6.03. The van der Waals surface area contributed by atoms with Gasteiger partial charge in [0, 0.05) is 41.2 Å². The van der Waals surface area contributed by atoms with Crippen LogP contribution < -0.4 is 0 Å². The highest BCUT2D eigenvalue weighted by Gasteiger charge is 2.37. The number of hydrogen-bond donors (Lipinski definition) is 1. The third kappa shape index (κ3) is 4.64. The van der Waals surface area contributed by atoms with Gasteiger partial charge in [0.15, 0.2) is 0 Å². The molecule has 0 atom stereocenters. The smallest absolute Gasteiger partial charge is 0.342 e. The summed E-state index contributed by atoms with van der Waals surface area (Å²) in [6, 6.07) is 15.7. The second-order valence-corrected chi connectivity index (χ2v) is 10.2. The monoisotopic (exact) mass is 459 g/mol. The van der Waals surface area contributed by atoms with E-state index in [0.717, 1.165) is 28.6 Å². The van der Waals surface area contributed by atoms with Gasteiger partial charge in [-0.1, -0.05) is 44.2 Å². The Morgan fingerprint density at radius 3 is 2.41 bits per heavy atom. The molecule has 178 valence electrons. The van der Waals surface area contributed by atoms with Gasteiger partial charge in [-0.05, 0) is 57.3 Å². The van der Waals surface area contributed by atoms with E-state index in [0.29, 0.717) is 23.4 Å². The van der Waals surface area contributed by atoms with Crippen LogP contribution in [0.4, 0.5) is 0 Å². The molecule has 2 heterocycles. The van der Waals surface area contributed by atoms with Gasteiger partial charge in [0.25, 0.3) is 5.91 Å². The number of nitrogens with zero attached hydrogens (tertiary/aromatic N) is 2. The summed E-state index contributed by atoms with van der Waals surface area (Å²) in [6.07, 6.45) is 1.38. The van der Waals surface area contributed by atoms with E-state index in [2.05, 4.69) is 29.8 Å². The molecule has 1 N–H and O–H groups in total. The number of aromatic nitrogens is 1. The van der Waals surface area contributed by atoms with Crippen molar-refractivity contribution in [3.05, 3.63) is 77.1 Å². The van der Waals surface area contributed by atoms with Gasteiger partial charge in [-0.15, -0.1) is 0 Å². The van der Waals surface area contributed by atoms with E-state index >= 15 is 0 Å². The quantitative estimate of drug-likeness (QED) is 0.548. The van der Waals surface area contributed by atoms with Crippen LogP contribution in [0.25, 0.3) is 16.5 Å². The summed E-state index contributed by atoms with van der Waals surface area (Å²) < 4.78 is 5.58. The highest BCUT2D eigenvalue weighted by molar-refractivity contribution is 6.18. The minimum absolute atomic E-state index is 0.145. The first-order valence-electron chi connectivity index (χ1n) is 11.7. The third-order valence-corrected chi connectivity index (χ3v) is 6.03. The molecule has 0 fully saturated rings. The largest absolute Gasteiger partial charge is 0.459 e. The SMILES string of the molecule is CC(C)OC(=O)C1=CN(C(=O)c2ccc(CN(C)C)cc2)CC(C)(C)c2c1[nH]c1ccccc21. The number of hydrogen-bond acceptors (Lipinski definition) is 4. The minimum Gasteiger partial charge on any atom is -0.459 e. The van der Waals surface area contributed by atoms with Gasteiger partial charge >= 0.3 is 5.97 Å². The van der Waals surface area contributed by atoms with Crippen LogP contribution in [-0.4, -0.2) is 53.4 Å². The van der Waals surface area contributed by atoms with E-state index in [1.54, 1.807) is 11.1 Å². The maximum Gasteiger partial charge on any atom is 0.342 e. The number of benzene rings is 2. The zero-order valence-electron chi connectivity index (χ0n) is 20.8. The zero-order valence-corrected chi connectivity index (χ0v) is 20.8. The molecule has 1 aliphatic heterocycles. The van der Waals surface area contributed by atoms with E-state index in [1.165, 1.54) is 0 Å². The number of carbonyl (C=O) groups excluding carboxylic acids is 2. The summed E-state index contributed by atoms with van der Waals surface area (Å²) >= 11 is 0. The van der Waals surface area contributed by atoms with Crippen molar-refractivity contribution in [1.82, 2.24) is 14.8 Å². The van der Waals surface area contributed by atoms with E-state index in [-0.39, 0.29) is 12.0 Å². The molecule has 0 aliphatic carbocycles. The van der Waals surface area contributed by atoms with Gasteiger partial charge < -0.3 is 19.5 Å². The average Bonchev–Trinajstić information content (AvgIpc) is 3.10. The molecule has 0 unspecified atom stereocenters. The predicted octanol–water partition coefficient (Wildman–Crippen LogP) is 4.96. The van der Waals surface area contributed by atoms with Crippen molar-refractivity contribution in [3.8, 4) is 0 Å². The van der Waals surface area contributed by atoms with E-state index in [1.807, 2.05) is 70.4 Å². The molecule has 2 aromatic carbocycles. The van der Waals surface area contributed by atoms with E-state index in [4.69, 9.17) is 4.74 Å². The van der Waals surface area contributed by atoms with Gasteiger partial charge in [0.05, 0.1) is 17.4 Å². The summed E-state index contributed by atoms with van der Waals surface area (Å²) in [5.74, 6) is -0.589. The molecule has 0 saturated carbocycles. The molecule has 0 radical (unpaired) electrons. The van der Waals surface area contributed by atoms with Crippen molar-refractivity contribution >= 4 is 28.4 Å². The van der Waals surface area contributed by atoms with Crippen molar-refractivity contribution < 1.29 is 14.3 Å². The number of amides is 1. The first-order chi connectivity index (χ1) is 16.1. The Balaban J connectivity index is 1.80. The summed E-state index contributed by atoms with van der Waals surface area (Å²) in [5, 5.41) is 1.05. The van der Waals surface area contributed by atoms with Crippen molar-refractivity contribution in [2.45, 2.75) is 45.8 Å². The minimum atomic E-state index is -0.445. The molecular weight excluding hydrogens is 426 g/mol. The zero-order chi connectivity index (χ0) is 24.6. The van der Waals surface area contributed by atoms with Crippen LogP contribution in [-0.2, 0) is 21.5 Å². The molecule has 0 bridgehead atoms. The Morgan fingerprint density at radius 2 is 1.76 bits per heavy atom. The number of aromatic amines is 1. The average molecular weight is 460 g/mol. The maximum atomic E-state index is 13.6. The first-order valence-corrected chi connectivity index (χ1v) is 11.7. The van der Waals surface area contributed by atoms with Crippen molar-refractivity contribution in [3.63, 3.8) is 0 Å². The molecule has 0 saturated heterocycles. The van der Waals surface area contributed by atoms with Gasteiger partial charge in [0.1, 0.15) is 0 Å². The fourth-order valence-corrected chi connectivity index (χ4v) is 4.66. The molecule has 1 aromatic heterocycles. The predicted molar refractivity (Wildman–Crippen MR) is 135 cm³/mol. The molecule has 3 aromatic rings. The molecule has 4 rings (SSSR count). The number of ether oxygens (including phenoxy) is 1. The lowest BCUT2D eigenvalue weighted by molar-refractivity contribution is -0.140. The lowest BCUT2D eigenvalue weighted by atomic mass is 9.81. The van der Waals surface area contributed by atoms with Crippen molar-refractivity contribution in [2.24, 2.45) is 0 Å². The fraction of sp³-hybridized carbons (Fsp3) is 0.357. The van der Waals surface area contributed by atoms with Gasteiger partial charge in [-0.2, -0.15) is 0 Å². The molecule has 1 aliphatic rings. The molecule has 1 amide bonds. The summed E-state index contributed by atoms with van der Waals surface area (Å²) in [5.41, 5.74) is 4.37. The number of esters is 1. The van der Waals surface area contributed by atoms with Crippen LogP contribution in [0, 0.1) is 0 Å². The van der Waals surface area contributed by atoms with Crippen LogP contribution in [0.15, 0.2) is 54.7 Å². The highest BCUT2D eigenvalue weighted by Crippen LogP contribution is 2.40. The summed E-state index contributed by atoms with van der Waals surface area (Å²) in [6.45, 7) is 9.09. The van der Waals surface area contributed by atoms with E-state index < -0.39 is 11.4 Å². The van der Waals surface area contributed by atoms with Crippen molar-refractivity contribution in [2.75, 3.05) is 20.6 Å². The summed E-state index contributed by atoms with van der Waals surface area (Å²) in [7, 11) is 4.03. The Labute approximate surface area is 201 Å². The topological polar surface area (TPSA) is 65.6 Å². The van der Waals surface area contributed by atoms with Crippen LogP contribution in [0.1, 0.15) is 54.9 Å². The van der Waals surface area contributed by atoms with Crippen LogP contribution in [0.3, 0.4) is 0 Å². The van der Waals surface area contributed by atoms with Gasteiger partial charge in [-0.25, -0.2) is 4.79 Å². The lowest BCUT2D eigenvalue weighted by Gasteiger charge is -2.29. The molecule has 34 heavy (non-hydrogen) atoms. The lowest BCUT2D eigenvalue weighted by Crippen LogP contribution is -2.37. The van der Waals surface area contributed by atoms with Crippen LogP contribution >= 0.6 is 0 Å². The highest BCUT2D eigenvalue weighted by atomic mass is 16.5. The number of H-pyrrole nitrogens is 1. The Kier molecular flexibility index (Phi) is 6.36. The maximum absolute atomic E-state index is 13.6. The Morgan fingerprint density at radius 1 is 1.09 bits per heavy atom. The van der Waals surface area contributed by atoms with E-state index in [9.17, 15) is 9.59 Å². The molecule has 6 nitrogen and oxygen atoms in total. The van der Waals surface area contributed by atoms with Crippen LogP contribution in [0.2, 0.25) is 0 Å². The van der Waals surface area contributed by atoms with Gasteiger partial charge in [0.2, 0.25) is 0 Å². The summed E-state index contributed by atoms with van der Waals surface area (Å²) in [4.78, 5) is 34.0.